The van der Waals surface area contributed by atoms with Gasteiger partial charge in [-0.1, -0.05) is 6.92 Å². The lowest BCUT2D eigenvalue weighted by Gasteiger charge is -2.09. The average Bonchev–Trinajstić information content (AvgIpc) is 3.06. The normalized spacial score (nSPS) is 13.6. The van der Waals surface area contributed by atoms with Crippen LogP contribution in [0.3, 0.4) is 0 Å². The zero-order valence-electron chi connectivity index (χ0n) is 10.2. The Morgan fingerprint density at radius 3 is 2.84 bits per heavy atom. The Morgan fingerprint density at radius 1 is 1.47 bits per heavy atom. The van der Waals surface area contributed by atoms with Gasteiger partial charge in [0.15, 0.2) is 0 Å². The van der Waals surface area contributed by atoms with Gasteiger partial charge in [-0.25, -0.2) is 18.1 Å². The van der Waals surface area contributed by atoms with Crippen molar-refractivity contribution in [3.05, 3.63) is 33.6 Å². The van der Waals surface area contributed by atoms with Crippen LogP contribution in [-0.4, -0.2) is 25.1 Å². The van der Waals surface area contributed by atoms with E-state index in [1.165, 1.54) is 17.4 Å². The number of aliphatic hydroxyl groups is 1. The molecule has 1 unspecified atom stereocenters. The fraction of sp³-hybridized carbons (Fsp3) is 0.364. The number of aliphatic hydroxyl groups excluding tert-OH is 1. The molecule has 0 aliphatic carbocycles. The standard InChI is InChI=1S/C11H14N2O3S3/c1-8(11-12-2-3-17-11)5-13-19(15,16)10-4-9(6-14)7-18-10/h2-4,7-8,13-14H,5-6H2,1H3. The molecule has 0 aliphatic heterocycles. The van der Waals surface area contributed by atoms with E-state index in [2.05, 4.69) is 9.71 Å². The van der Waals surface area contributed by atoms with Crippen LogP contribution in [0.5, 0.6) is 0 Å². The van der Waals surface area contributed by atoms with E-state index in [1.807, 2.05) is 12.3 Å². The van der Waals surface area contributed by atoms with E-state index >= 15 is 0 Å². The molecule has 0 fully saturated rings. The second-order valence-corrected chi connectivity index (χ2v) is 7.89. The van der Waals surface area contributed by atoms with Crippen LogP contribution in [0.1, 0.15) is 23.4 Å². The monoisotopic (exact) mass is 318 g/mol. The van der Waals surface area contributed by atoms with Crippen molar-refractivity contribution in [2.45, 2.75) is 23.7 Å². The molecular weight excluding hydrogens is 304 g/mol. The molecule has 0 radical (unpaired) electrons. The molecule has 19 heavy (non-hydrogen) atoms. The number of nitrogens with one attached hydrogen (secondary N) is 1. The molecule has 5 nitrogen and oxygen atoms in total. The lowest BCUT2D eigenvalue weighted by atomic mass is 10.2. The second-order valence-electron chi connectivity index (χ2n) is 4.06. The third-order valence-electron chi connectivity index (χ3n) is 2.53. The lowest BCUT2D eigenvalue weighted by Crippen LogP contribution is -2.27. The third-order valence-corrected chi connectivity index (χ3v) is 6.45. The van der Waals surface area contributed by atoms with Crippen molar-refractivity contribution in [3.63, 3.8) is 0 Å². The van der Waals surface area contributed by atoms with E-state index in [0.717, 1.165) is 16.3 Å². The van der Waals surface area contributed by atoms with Gasteiger partial charge in [0.05, 0.1) is 11.6 Å². The first-order valence-electron chi connectivity index (χ1n) is 5.60. The van der Waals surface area contributed by atoms with Gasteiger partial charge in [0, 0.05) is 24.0 Å². The molecular formula is C11H14N2O3S3. The number of thiazole rings is 1. The van der Waals surface area contributed by atoms with E-state index in [-0.39, 0.29) is 16.7 Å². The topological polar surface area (TPSA) is 79.3 Å². The minimum atomic E-state index is -3.50. The summed E-state index contributed by atoms with van der Waals surface area (Å²) in [6.07, 6.45) is 1.71. The number of hydrogen-bond acceptors (Lipinski definition) is 6. The molecule has 104 valence electrons. The molecule has 2 N–H and O–H groups in total. The van der Waals surface area contributed by atoms with E-state index in [0.29, 0.717) is 12.1 Å². The summed E-state index contributed by atoms with van der Waals surface area (Å²) in [5.74, 6) is 0.0343. The molecule has 0 bridgehead atoms. The largest absolute Gasteiger partial charge is 0.392 e. The summed E-state index contributed by atoms with van der Waals surface area (Å²) in [6.45, 7) is 2.08. The van der Waals surface area contributed by atoms with Crippen LogP contribution in [0.2, 0.25) is 0 Å². The molecule has 1 atom stereocenters. The summed E-state index contributed by atoms with van der Waals surface area (Å²) >= 11 is 2.62. The predicted molar refractivity (Wildman–Crippen MR) is 76.0 cm³/mol. The first-order valence-corrected chi connectivity index (χ1v) is 8.84. The van der Waals surface area contributed by atoms with Gasteiger partial charge in [0.25, 0.3) is 0 Å². The number of thiophene rings is 1. The molecule has 0 spiro atoms. The number of hydrogen-bond donors (Lipinski definition) is 2. The van der Waals surface area contributed by atoms with Crippen molar-refractivity contribution in [3.8, 4) is 0 Å². The quantitative estimate of drug-likeness (QED) is 0.851. The third kappa shape index (κ3) is 3.61. The van der Waals surface area contributed by atoms with E-state index < -0.39 is 10.0 Å². The molecule has 2 rings (SSSR count). The highest BCUT2D eigenvalue weighted by atomic mass is 32.2. The van der Waals surface area contributed by atoms with Gasteiger partial charge in [0.1, 0.15) is 4.21 Å². The first kappa shape index (κ1) is 14.6. The van der Waals surface area contributed by atoms with Gasteiger partial charge in [-0.3, -0.25) is 0 Å². The molecule has 2 aromatic rings. The molecule has 2 aromatic heterocycles. The first-order chi connectivity index (χ1) is 9.03. The van der Waals surface area contributed by atoms with Crippen LogP contribution in [0, 0.1) is 0 Å². The highest BCUT2D eigenvalue weighted by Crippen LogP contribution is 2.21. The number of rotatable bonds is 6. The highest BCUT2D eigenvalue weighted by Gasteiger charge is 2.18. The molecule has 8 heteroatoms. The second kappa shape index (κ2) is 6.10. The SMILES string of the molecule is CC(CNS(=O)(=O)c1cc(CO)cs1)c1nccs1. The molecule has 2 heterocycles. The van der Waals surface area contributed by atoms with Crippen molar-refractivity contribution in [1.82, 2.24) is 9.71 Å². The van der Waals surface area contributed by atoms with Crippen molar-refractivity contribution < 1.29 is 13.5 Å². The van der Waals surface area contributed by atoms with Crippen LogP contribution in [0.4, 0.5) is 0 Å². The van der Waals surface area contributed by atoms with Gasteiger partial charge in [0.2, 0.25) is 10.0 Å². The summed E-state index contributed by atoms with van der Waals surface area (Å²) in [6, 6.07) is 1.49. The van der Waals surface area contributed by atoms with Gasteiger partial charge in [-0.2, -0.15) is 0 Å². The molecule has 0 saturated heterocycles. The van der Waals surface area contributed by atoms with Crippen LogP contribution in [-0.2, 0) is 16.6 Å². The zero-order chi connectivity index (χ0) is 13.9. The Bertz CT molecular complexity index is 619. The Morgan fingerprint density at radius 2 is 2.26 bits per heavy atom. The van der Waals surface area contributed by atoms with E-state index in [4.69, 9.17) is 5.11 Å². The van der Waals surface area contributed by atoms with E-state index in [1.54, 1.807) is 11.6 Å². The maximum absolute atomic E-state index is 12.0. The summed E-state index contributed by atoms with van der Waals surface area (Å²) in [7, 11) is -3.50. The Labute approximate surface area is 120 Å². The molecule has 0 aromatic carbocycles. The molecule has 0 saturated carbocycles. The number of aromatic nitrogens is 1. The zero-order valence-corrected chi connectivity index (χ0v) is 12.7. The Balaban J connectivity index is 2.01. The number of sulfonamides is 1. The maximum Gasteiger partial charge on any atom is 0.250 e. The van der Waals surface area contributed by atoms with Gasteiger partial charge >= 0.3 is 0 Å². The smallest absolute Gasteiger partial charge is 0.250 e. The highest BCUT2D eigenvalue weighted by molar-refractivity contribution is 7.91. The van der Waals surface area contributed by atoms with Crippen molar-refractivity contribution in [2.75, 3.05) is 6.54 Å². The Kier molecular flexibility index (Phi) is 4.69. The van der Waals surface area contributed by atoms with Crippen LogP contribution in [0.15, 0.2) is 27.2 Å². The lowest BCUT2D eigenvalue weighted by molar-refractivity contribution is 0.282. The van der Waals surface area contributed by atoms with Crippen molar-refractivity contribution >= 4 is 32.7 Å². The molecule has 0 aliphatic rings. The van der Waals surface area contributed by atoms with Crippen LogP contribution in [0.25, 0.3) is 0 Å². The van der Waals surface area contributed by atoms with Crippen LogP contribution >= 0.6 is 22.7 Å². The predicted octanol–water partition coefficient (Wildman–Crippen LogP) is 1.78. The number of nitrogens with zero attached hydrogens (tertiary/aromatic N) is 1. The van der Waals surface area contributed by atoms with Crippen molar-refractivity contribution in [2.24, 2.45) is 0 Å². The van der Waals surface area contributed by atoms with Gasteiger partial charge in [-0.05, 0) is 17.0 Å². The van der Waals surface area contributed by atoms with Crippen molar-refractivity contribution in [1.29, 1.82) is 0 Å². The van der Waals surface area contributed by atoms with Gasteiger partial charge < -0.3 is 5.11 Å². The summed E-state index contributed by atoms with van der Waals surface area (Å²) in [5, 5.41) is 13.4. The summed E-state index contributed by atoms with van der Waals surface area (Å²) < 4.78 is 26.9. The van der Waals surface area contributed by atoms with Crippen LogP contribution < -0.4 is 4.72 Å². The summed E-state index contributed by atoms with van der Waals surface area (Å²) in [5.41, 5.74) is 0.610. The minimum Gasteiger partial charge on any atom is -0.392 e. The van der Waals surface area contributed by atoms with Gasteiger partial charge in [-0.15, -0.1) is 22.7 Å². The molecule has 0 amide bonds. The Hall–Kier alpha value is -0.800. The maximum atomic E-state index is 12.0. The van der Waals surface area contributed by atoms with E-state index in [9.17, 15) is 8.42 Å². The fourth-order valence-electron chi connectivity index (χ4n) is 1.45. The minimum absolute atomic E-state index is 0.0343. The summed E-state index contributed by atoms with van der Waals surface area (Å²) in [4.78, 5) is 4.16. The average molecular weight is 318 g/mol. The fourth-order valence-corrected chi connectivity index (χ4v) is 4.52.